The Balaban J connectivity index is 2.08. The Morgan fingerprint density at radius 3 is 2.75 bits per heavy atom. The number of nitrogens with zero attached hydrogens (tertiary/aromatic N) is 1. The molecule has 0 spiro atoms. The van der Waals surface area contributed by atoms with Crippen LogP contribution in [0.4, 0.5) is 0 Å². The van der Waals surface area contributed by atoms with Crippen molar-refractivity contribution in [2.75, 3.05) is 19.5 Å². The number of rotatable bonds is 5. The molecule has 1 fully saturated rings. The number of benzene rings is 1. The molecular weight excluding hydrogens is 270 g/mol. The zero-order valence-electron chi connectivity index (χ0n) is 11.8. The predicted octanol–water partition coefficient (Wildman–Crippen LogP) is 2.86. The largest absolute Gasteiger partial charge is 0.384 e. The molecule has 0 aliphatic heterocycles. The molecule has 1 aliphatic rings. The molecular formula is C16H21NO2S. The van der Waals surface area contributed by atoms with Crippen LogP contribution >= 0.6 is 0 Å². The van der Waals surface area contributed by atoms with Gasteiger partial charge in [-0.1, -0.05) is 30.3 Å². The van der Waals surface area contributed by atoms with Crippen LogP contribution < -0.4 is 0 Å². The van der Waals surface area contributed by atoms with Crippen LogP contribution in [0.15, 0.2) is 30.3 Å². The van der Waals surface area contributed by atoms with Gasteiger partial charge < -0.3 is 4.74 Å². The second-order valence-corrected chi connectivity index (χ2v) is 7.05. The molecule has 1 aromatic rings. The fourth-order valence-electron chi connectivity index (χ4n) is 2.91. The minimum Gasteiger partial charge on any atom is -0.384 e. The molecule has 4 unspecified atom stereocenters. The van der Waals surface area contributed by atoms with Crippen LogP contribution in [0.3, 0.4) is 0 Å². The number of methoxy groups -OCH3 is 1. The first-order chi connectivity index (χ1) is 9.76. The average molecular weight is 291 g/mol. The van der Waals surface area contributed by atoms with E-state index in [1.165, 1.54) is 5.56 Å². The summed E-state index contributed by atoms with van der Waals surface area (Å²) in [6.45, 7) is 0.497. The average Bonchev–Trinajstić information content (AvgIpc) is 2.52. The smallest absolute Gasteiger partial charge is 0.0668 e. The van der Waals surface area contributed by atoms with Gasteiger partial charge in [-0.25, -0.2) is 0 Å². The molecule has 0 aromatic heterocycles. The van der Waals surface area contributed by atoms with Gasteiger partial charge in [0.15, 0.2) is 0 Å². The van der Waals surface area contributed by atoms with E-state index >= 15 is 0 Å². The third kappa shape index (κ3) is 3.68. The van der Waals surface area contributed by atoms with Crippen LogP contribution in [0.2, 0.25) is 0 Å². The summed E-state index contributed by atoms with van der Waals surface area (Å²) < 4.78 is 17.4. The molecule has 1 aromatic carbocycles. The van der Waals surface area contributed by atoms with E-state index < -0.39 is 10.8 Å². The lowest BCUT2D eigenvalue weighted by molar-refractivity contribution is 0.217. The zero-order valence-corrected chi connectivity index (χ0v) is 12.6. The lowest BCUT2D eigenvalue weighted by Crippen LogP contribution is -2.33. The van der Waals surface area contributed by atoms with Crippen molar-refractivity contribution in [2.24, 2.45) is 5.92 Å². The topological polar surface area (TPSA) is 50.1 Å². The maximum Gasteiger partial charge on any atom is 0.0668 e. The van der Waals surface area contributed by atoms with Gasteiger partial charge in [0.25, 0.3) is 0 Å². The summed E-state index contributed by atoms with van der Waals surface area (Å²) in [5.41, 5.74) is 1.30. The third-order valence-corrected chi connectivity index (χ3v) is 5.82. The molecule has 0 radical (unpaired) electrons. The van der Waals surface area contributed by atoms with Crippen molar-refractivity contribution < 1.29 is 8.95 Å². The highest BCUT2D eigenvalue weighted by Gasteiger charge is 2.34. The standard InChI is InChI=1S/C16H21NO2S/c1-19-9-10-20(18)16-11-14(7-8-15(16)12-17)13-5-3-2-4-6-13/h2-6,14-16H,7-11H2,1H3. The van der Waals surface area contributed by atoms with E-state index in [1.54, 1.807) is 7.11 Å². The summed E-state index contributed by atoms with van der Waals surface area (Å²) in [5.74, 6) is 0.880. The number of ether oxygens (including phenoxy) is 1. The minimum absolute atomic E-state index is 0.0193. The molecule has 4 heteroatoms. The first-order valence-electron chi connectivity index (χ1n) is 7.07. The molecule has 0 saturated heterocycles. The highest BCUT2D eigenvalue weighted by Crippen LogP contribution is 2.38. The van der Waals surface area contributed by atoms with Crippen molar-refractivity contribution >= 4 is 10.8 Å². The van der Waals surface area contributed by atoms with Crippen LogP contribution in [0.25, 0.3) is 0 Å². The first-order valence-corrected chi connectivity index (χ1v) is 8.45. The molecule has 20 heavy (non-hydrogen) atoms. The van der Waals surface area contributed by atoms with Crippen molar-refractivity contribution in [2.45, 2.75) is 30.4 Å². The fraction of sp³-hybridized carbons (Fsp3) is 0.562. The summed E-state index contributed by atoms with van der Waals surface area (Å²) in [6, 6.07) is 12.7. The van der Waals surface area contributed by atoms with E-state index in [9.17, 15) is 9.47 Å². The SMILES string of the molecule is COCCS(=O)C1CC(c2ccccc2)CCC1C#N. The normalized spacial score (nSPS) is 27.7. The maximum absolute atomic E-state index is 12.4. The van der Waals surface area contributed by atoms with Crippen molar-refractivity contribution in [3.05, 3.63) is 35.9 Å². The van der Waals surface area contributed by atoms with E-state index in [1.807, 2.05) is 18.2 Å². The van der Waals surface area contributed by atoms with Gasteiger partial charge in [-0.3, -0.25) is 4.21 Å². The predicted molar refractivity (Wildman–Crippen MR) is 80.8 cm³/mol. The van der Waals surface area contributed by atoms with E-state index in [4.69, 9.17) is 4.74 Å². The molecule has 108 valence electrons. The molecule has 3 nitrogen and oxygen atoms in total. The molecule has 0 bridgehead atoms. The van der Waals surface area contributed by atoms with Crippen LogP contribution in [0.5, 0.6) is 0 Å². The molecule has 4 atom stereocenters. The third-order valence-electron chi connectivity index (χ3n) is 4.05. The minimum atomic E-state index is -0.978. The van der Waals surface area contributed by atoms with Crippen molar-refractivity contribution in [1.29, 1.82) is 5.26 Å². The number of hydrogen-bond donors (Lipinski definition) is 0. The van der Waals surface area contributed by atoms with Gasteiger partial charge in [-0.05, 0) is 30.7 Å². The van der Waals surface area contributed by atoms with Crippen LogP contribution in [-0.2, 0) is 15.5 Å². The monoisotopic (exact) mass is 291 g/mol. The Bertz CT molecular complexity index is 483. The van der Waals surface area contributed by atoms with Crippen LogP contribution in [-0.4, -0.2) is 28.9 Å². The van der Waals surface area contributed by atoms with E-state index in [2.05, 4.69) is 18.2 Å². The Morgan fingerprint density at radius 1 is 1.35 bits per heavy atom. The van der Waals surface area contributed by atoms with Crippen molar-refractivity contribution in [3.8, 4) is 6.07 Å². The summed E-state index contributed by atoms with van der Waals surface area (Å²) in [6.07, 6.45) is 2.71. The van der Waals surface area contributed by atoms with Gasteiger partial charge in [-0.15, -0.1) is 0 Å². The fourth-order valence-corrected chi connectivity index (χ4v) is 4.56. The molecule has 0 heterocycles. The lowest BCUT2D eigenvalue weighted by Gasteiger charge is -2.32. The highest BCUT2D eigenvalue weighted by atomic mass is 32.2. The molecule has 2 rings (SSSR count). The van der Waals surface area contributed by atoms with E-state index in [0.717, 1.165) is 19.3 Å². The van der Waals surface area contributed by atoms with Crippen molar-refractivity contribution in [3.63, 3.8) is 0 Å². The molecule has 1 saturated carbocycles. The first kappa shape index (κ1) is 15.2. The summed E-state index contributed by atoms with van der Waals surface area (Å²) in [4.78, 5) is 0. The van der Waals surface area contributed by atoms with Crippen LogP contribution in [0.1, 0.15) is 30.7 Å². The highest BCUT2D eigenvalue weighted by molar-refractivity contribution is 7.85. The Hall–Kier alpha value is -1.18. The second-order valence-electron chi connectivity index (χ2n) is 5.27. The van der Waals surface area contributed by atoms with Gasteiger partial charge in [0.1, 0.15) is 0 Å². The van der Waals surface area contributed by atoms with Gasteiger partial charge in [0.05, 0.1) is 23.8 Å². The Kier molecular flexibility index (Phi) is 5.75. The quantitative estimate of drug-likeness (QED) is 0.838. The Morgan fingerprint density at radius 2 is 2.10 bits per heavy atom. The lowest BCUT2D eigenvalue weighted by atomic mass is 9.79. The summed E-state index contributed by atoms with van der Waals surface area (Å²) in [7, 11) is 0.639. The molecule has 0 N–H and O–H groups in total. The second kappa shape index (κ2) is 7.56. The molecule has 0 amide bonds. The van der Waals surface area contributed by atoms with Gasteiger partial charge in [0, 0.05) is 23.7 Å². The summed E-state index contributed by atoms with van der Waals surface area (Å²) >= 11 is 0. The van der Waals surface area contributed by atoms with E-state index in [0.29, 0.717) is 18.3 Å². The van der Waals surface area contributed by atoms with Gasteiger partial charge in [0.2, 0.25) is 0 Å². The van der Waals surface area contributed by atoms with Gasteiger partial charge >= 0.3 is 0 Å². The van der Waals surface area contributed by atoms with Crippen LogP contribution in [0, 0.1) is 17.2 Å². The number of nitriles is 1. The van der Waals surface area contributed by atoms with Crippen molar-refractivity contribution in [1.82, 2.24) is 0 Å². The summed E-state index contributed by atoms with van der Waals surface area (Å²) in [5, 5.41) is 9.26. The van der Waals surface area contributed by atoms with E-state index in [-0.39, 0.29) is 11.2 Å². The Labute approximate surface area is 123 Å². The van der Waals surface area contributed by atoms with Gasteiger partial charge in [-0.2, -0.15) is 5.26 Å². The number of hydrogen-bond acceptors (Lipinski definition) is 3. The maximum atomic E-state index is 12.4. The molecule has 1 aliphatic carbocycles. The zero-order chi connectivity index (χ0) is 14.4.